The van der Waals surface area contributed by atoms with Gasteiger partial charge in [-0.15, -0.1) is 0 Å². The molecule has 0 radical (unpaired) electrons. The maximum absolute atomic E-state index is 11.2. The molecule has 0 rings (SSSR count). The third-order valence-corrected chi connectivity index (χ3v) is 1.47. The van der Waals surface area contributed by atoms with Crippen LogP contribution in [-0.2, 0) is 9.53 Å². The van der Waals surface area contributed by atoms with Crippen molar-refractivity contribution >= 4 is 5.97 Å². The van der Waals surface area contributed by atoms with Crippen LogP contribution in [0.2, 0.25) is 0 Å². The minimum atomic E-state index is -0.342. The van der Waals surface area contributed by atoms with Gasteiger partial charge in [0.05, 0.1) is 13.2 Å². The molecule has 0 aromatic carbocycles. The second-order valence-corrected chi connectivity index (χ2v) is 3.42. The van der Waals surface area contributed by atoms with Crippen molar-refractivity contribution in [3.8, 4) is 0 Å². The van der Waals surface area contributed by atoms with Gasteiger partial charge in [0.15, 0.2) is 0 Å². The fraction of sp³-hybridized carbons (Fsp3) is 0.889. The number of esters is 1. The molecule has 1 atom stereocenters. The van der Waals surface area contributed by atoms with Crippen molar-refractivity contribution in [3.05, 3.63) is 0 Å². The van der Waals surface area contributed by atoms with Crippen LogP contribution < -0.4 is 5.32 Å². The molecule has 0 aromatic heterocycles. The number of hydrogen-bond donors (Lipinski definition) is 2. The molecule has 13 heavy (non-hydrogen) atoms. The van der Waals surface area contributed by atoms with Gasteiger partial charge in [-0.25, -0.2) is 0 Å². The average molecular weight is 189 g/mol. The molecule has 0 spiro atoms. The molecule has 0 amide bonds. The van der Waals surface area contributed by atoms with E-state index in [9.17, 15) is 4.79 Å². The number of nitrogens with one attached hydrogen (secondary N) is 1. The summed E-state index contributed by atoms with van der Waals surface area (Å²) in [6.07, 6.45) is 0. The Bertz CT molecular complexity index is 148. The lowest BCUT2D eigenvalue weighted by Crippen LogP contribution is -2.37. The van der Waals surface area contributed by atoms with Crippen LogP contribution in [-0.4, -0.2) is 36.9 Å². The minimum absolute atomic E-state index is 0.0296. The summed E-state index contributed by atoms with van der Waals surface area (Å²) in [5.41, 5.74) is 0. The Labute approximate surface area is 79.3 Å². The van der Waals surface area contributed by atoms with Crippen LogP contribution in [0.4, 0.5) is 0 Å². The van der Waals surface area contributed by atoms with Gasteiger partial charge in [0.25, 0.3) is 0 Å². The van der Waals surface area contributed by atoms with E-state index in [0.717, 1.165) is 0 Å². The first-order valence-corrected chi connectivity index (χ1v) is 4.58. The monoisotopic (exact) mass is 189 g/mol. The SMILES string of the molecule is CC(C)COC(=O)C(C)NCCO. The van der Waals surface area contributed by atoms with Crippen molar-refractivity contribution in [2.75, 3.05) is 19.8 Å². The third kappa shape index (κ3) is 6.54. The standard InChI is InChI=1S/C9H19NO3/c1-7(2)6-13-9(12)8(3)10-4-5-11/h7-8,10-11H,4-6H2,1-3H3. The Morgan fingerprint density at radius 1 is 1.46 bits per heavy atom. The zero-order chi connectivity index (χ0) is 10.3. The molecule has 0 heterocycles. The molecule has 0 saturated carbocycles. The number of rotatable bonds is 6. The normalized spacial score (nSPS) is 13.0. The van der Waals surface area contributed by atoms with Gasteiger partial charge in [-0.05, 0) is 12.8 Å². The maximum Gasteiger partial charge on any atom is 0.322 e. The zero-order valence-electron chi connectivity index (χ0n) is 8.54. The topological polar surface area (TPSA) is 58.6 Å². The van der Waals surface area contributed by atoms with Crippen molar-refractivity contribution in [1.82, 2.24) is 5.32 Å². The van der Waals surface area contributed by atoms with E-state index in [1.807, 2.05) is 13.8 Å². The van der Waals surface area contributed by atoms with Crippen LogP contribution in [0.1, 0.15) is 20.8 Å². The number of aliphatic hydroxyl groups is 1. The average Bonchev–Trinajstić information content (AvgIpc) is 2.10. The number of hydrogen-bond acceptors (Lipinski definition) is 4. The summed E-state index contributed by atoms with van der Waals surface area (Å²) in [6, 6.07) is -0.342. The summed E-state index contributed by atoms with van der Waals surface area (Å²) in [5, 5.41) is 11.3. The van der Waals surface area contributed by atoms with E-state index in [4.69, 9.17) is 9.84 Å². The Morgan fingerprint density at radius 2 is 2.08 bits per heavy atom. The summed E-state index contributed by atoms with van der Waals surface area (Å²) in [6.45, 7) is 6.58. The number of carbonyl (C=O) groups excluding carboxylic acids is 1. The second kappa shape index (κ2) is 6.86. The Morgan fingerprint density at radius 3 is 2.54 bits per heavy atom. The van der Waals surface area contributed by atoms with Crippen LogP contribution in [0.5, 0.6) is 0 Å². The Balaban J connectivity index is 3.57. The molecular formula is C9H19NO3. The number of carbonyl (C=O) groups is 1. The molecule has 0 aliphatic carbocycles. The lowest BCUT2D eigenvalue weighted by Gasteiger charge is -2.13. The largest absolute Gasteiger partial charge is 0.464 e. The predicted octanol–water partition coefficient (Wildman–Crippen LogP) is 0.156. The van der Waals surface area contributed by atoms with Crippen LogP contribution in [0.25, 0.3) is 0 Å². The quantitative estimate of drug-likeness (QED) is 0.584. The molecule has 0 aliphatic rings. The highest BCUT2D eigenvalue weighted by Gasteiger charge is 2.13. The molecule has 0 fully saturated rings. The van der Waals surface area contributed by atoms with Gasteiger partial charge in [0.2, 0.25) is 0 Å². The molecule has 4 nitrogen and oxygen atoms in total. The van der Waals surface area contributed by atoms with Gasteiger partial charge in [-0.1, -0.05) is 13.8 Å². The molecule has 4 heteroatoms. The maximum atomic E-state index is 11.2. The van der Waals surface area contributed by atoms with Gasteiger partial charge < -0.3 is 15.2 Å². The van der Waals surface area contributed by atoms with Crippen LogP contribution in [0.3, 0.4) is 0 Å². The summed E-state index contributed by atoms with van der Waals surface area (Å²) in [4.78, 5) is 11.2. The summed E-state index contributed by atoms with van der Waals surface area (Å²) < 4.78 is 4.98. The van der Waals surface area contributed by atoms with E-state index >= 15 is 0 Å². The molecule has 0 saturated heterocycles. The van der Waals surface area contributed by atoms with Crippen molar-refractivity contribution in [2.45, 2.75) is 26.8 Å². The lowest BCUT2D eigenvalue weighted by molar-refractivity contribution is -0.146. The van der Waals surface area contributed by atoms with Crippen molar-refractivity contribution in [1.29, 1.82) is 0 Å². The summed E-state index contributed by atoms with van der Waals surface area (Å²) in [5.74, 6) is 0.0936. The van der Waals surface area contributed by atoms with Gasteiger partial charge in [0, 0.05) is 6.54 Å². The molecule has 0 aliphatic heterocycles. The highest BCUT2D eigenvalue weighted by molar-refractivity contribution is 5.75. The van der Waals surface area contributed by atoms with Gasteiger partial charge in [-0.2, -0.15) is 0 Å². The molecular weight excluding hydrogens is 170 g/mol. The minimum Gasteiger partial charge on any atom is -0.464 e. The van der Waals surface area contributed by atoms with Gasteiger partial charge in [0.1, 0.15) is 6.04 Å². The van der Waals surface area contributed by atoms with Gasteiger partial charge >= 0.3 is 5.97 Å². The van der Waals surface area contributed by atoms with E-state index in [1.165, 1.54) is 0 Å². The molecule has 78 valence electrons. The van der Waals surface area contributed by atoms with E-state index in [-0.39, 0.29) is 18.6 Å². The first-order chi connectivity index (χ1) is 6.07. The predicted molar refractivity (Wildman–Crippen MR) is 50.3 cm³/mol. The van der Waals surface area contributed by atoms with Crippen LogP contribution >= 0.6 is 0 Å². The fourth-order valence-corrected chi connectivity index (χ4v) is 0.738. The molecule has 0 bridgehead atoms. The Kier molecular flexibility index (Phi) is 6.54. The second-order valence-electron chi connectivity index (χ2n) is 3.42. The van der Waals surface area contributed by atoms with E-state index in [0.29, 0.717) is 19.1 Å². The number of aliphatic hydroxyl groups excluding tert-OH is 1. The first-order valence-electron chi connectivity index (χ1n) is 4.58. The highest BCUT2D eigenvalue weighted by atomic mass is 16.5. The van der Waals surface area contributed by atoms with Crippen molar-refractivity contribution in [3.63, 3.8) is 0 Å². The lowest BCUT2D eigenvalue weighted by atomic mass is 10.2. The van der Waals surface area contributed by atoms with Crippen LogP contribution in [0, 0.1) is 5.92 Å². The van der Waals surface area contributed by atoms with Crippen molar-refractivity contribution in [2.24, 2.45) is 5.92 Å². The zero-order valence-corrected chi connectivity index (χ0v) is 8.54. The smallest absolute Gasteiger partial charge is 0.322 e. The van der Waals surface area contributed by atoms with E-state index in [2.05, 4.69) is 5.32 Å². The molecule has 2 N–H and O–H groups in total. The summed E-state index contributed by atoms with van der Waals surface area (Å²) in [7, 11) is 0. The molecule has 1 unspecified atom stereocenters. The third-order valence-electron chi connectivity index (χ3n) is 1.47. The fourth-order valence-electron chi connectivity index (χ4n) is 0.738. The first kappa shape index (κ1) is 12.4. The van der Waals surface area contributed by atoms with Crippen LogP contribution in [0.15, 0.2) is 0 Å². The Hall–Kier alpha value is -0.610. The van der Waals surface area contributed by atoms with E-state index in [1.54, 1.807) is 6.92 Å². The highest BCUT2D eigenvalue weighted by Crippen LogP contribution is 1.95. The number of ether oxygens (including phenoxy) is 1. The van der Waals surface area contributed by atoms with E-state index < -0.39 is 0 Å². The summed E-state index contributed by atoms with van der Waals surface area (Å²) >= 11 is 0. The molecule has 0 aromatic rings. The van der Waals surface area contributed by atoms with Crippen molar-refractivity contribution < 1.29 is 14.6 Å². The van der Waals surface area contributed by atoms with Gasteiger partial charge in [-0.3, -0.25) is 4.79 Å².